The summed E-state index contributed by atoms with van der Waals surface area (Å²) in [5, 5.41) is 19.8. The maximum atomic E-state index is 9.90. The molecule has 0 aliphatic carbocycles. The Morgan fingerprint density at radius 2 is 1.48 bits per heavy atom. The number of benzene rings is 2. The third-order valence-electron chi connectivity index (χ3n) is 5.82. The number of rotatable bonds is 14. The molecule has 1 unspecified atom stereocenters. The molecule has 0 amide bonds. The molecule has 0 aromatic heterocycles. The molecule has 2 aromatic rings. The second-order valence-corrected chi connectivity index (χ2v) is 8.05. The second kappa shape index (κ2) is 14.3. The van der Waals surface area contributed by atoms with Gasteiger partial charge in [0.2, 0.25) is 0 Å². The van der Waals surface area contributed by atoms with E-state index in [-0.39, 0.29) is 31.0 Å². The molecule has 1 saturated heterocycles. The van der Waals surface area contributed by atoms with Crippen LogP contribution in [0.5, 0.6) is 5.75 Å². The number of aliphatic hydroxyl groups excluding tert-OH is 2. The lowest BCUT2D eigenvalue weighted by molar-refractivity contribution is -0.211. The summed E-state index contributed by atoms with van der Waals surface area (Å²) in [7, 11) is 0. The monoisotopic (exact) mass is 460 g/mol. The Labute approximate surface area is 196 Å². The van der Waals surface area contributed by atoms with E-state index in [1.807, 2.05) is 61.5 Å². The molecule has 7 heteroatoms. The predicted molar refractivity (Wildman–Crippen MR) is 124 cm³/mol. The average molecular weight is 461 g/mol. The molecule has 182 valence electrons. The first-order valence-corrected chi connectivity index (χ1v) is 11.6. The van der Waals surface area contributed by atoms with E-state index in [0.717, 1.165) is 16.9 Å². The largest absolute Gasteiger partial charge is 0.491 e. The first kappa shape index (κ1) is 25.6. The van der Waals surface area contributed by atoms with Crippen molar-refractivity contribution in [2.24, 2.45) is 11.8 Å². The quantitative estimate of drug-likeness (QED) is 0.419. The topological polar surface area (TPSA) is 86.6 Å². The Kier molecular flexibility index (Phi) is 11.1. The summed E-state index contributed by atoms with van der Waals surface area (Å²) in [4.78, 5) is 0. The van der Waals surface area contributed by atoms with E-state index in [2.05, 4.69) is 0 Å². The highest BCUT2D eigenvalue weighted by atomic mass is 16.7. The number of ether oxygens (including phenoxy) is 5. The van der Waals surface area contributed by atoms with Crippen LogP contribution in [0.2, 0.25) is 0 Å². The zero-order chi connectivity index (χ0) is 23.3. The van der Waals surface area contributed by atoms with Crippen molar-refractivity contribution in [3.05, 3.63) is 65.7 Å². The van der Waals surface area contributed by atoms with E-state index in [9.17, 15) is 10.2 Å². The SMILES string of the molecule is CCOCCOCCOc1ccc(C(C(CO)CO)C2COC(c3ccccc3)OC2)cc1. The number of hydrogen-bond acceptors (Lipinski definition) is 7. The normalized spacial score (nSPS) is 19.5. The van der Waals surface area contributed by atoms with Gasteiger partial charge in [0.1, 0.15) is 12.4 Å². The molecule has 0 bridgehead atoms. The third kappa shape index (κ3) is 7.78. The molecule has 1 fully saturated rings. The zero-order valence-electron chi connectivity index (χ0n) is 19.3. The summed E-state index contributed by atoms with van der Waals surface area (Å²) in [6.07, 6.45) is -0.392. The second-order valence-electron chi connectivity index (χ2n) is 8.05. The van der Waals surface area contributed by atoms with Gasteiger partial charge in [0, 0.05) is 37.2 Å². The maximum absolute atomic E-state index is 9.90. The van der Waals surface area contributed by atoms with Crippen LogP contribution >= 0.6 is 0 Å². The van der Waals surface area contributed by atoms with Crippen molar-refractivity contribution in [1.29, 1.82) is 0 Å². The summed E-state index contributed by atoms with van der Waals surface area (Å²) < 4.78 is 28.5. The molecule has 1 aliphatic rings. The summed E-state index contributed by atoms with van der Waals surface area (Å²) in [6, 6.07) is 17.6. The van der Waals surface area contributed by atoms with Gasteiger partial charge >= 0.3 is 0 Å². The Morgan fingerprint density at radius 1 is 0.848 bits per heavy atom. The molecule has 3 rings (SSSR count). The number of aliphatic hydroxyl groups is 2. The van der Waals surface area contributed by atoms with Crippen LogP contribution in [0.3, 0.4) is 0 Å². The van der Waals surface area contributed by atoms with Crippen molar-refractivity contribution in [1.82, 2.24) is 0 Å². The standard InChI is InChI=1S/C26H36O7/c1-2-29-12-13-30-14-15-31-24-10-8-20(9-11-24)25(22(16-27)17-28)23-18-32-26(33-19-23)21-6-4-3-5-7-21/h3-11,22-23,25-28H,2,12-19H2,1H3. The predicted octanol–water partition coefficient (Wildman–Crippen LogP) is 3.16. The van der Waals surface area contributed by atoms with Crippen LogP contribution in [0.25, 0.3) is 0 Å². The molecule has 1 atom stereocenters. The zero-order valence-corrected chi connectivity index (χ0v) is 19.3. The summed E-state index contributed by atoms with van der Waals surface area (Å²) >= 11 is 0. The van der Waals surface area contributed by atoms with Gasteiger partial charge < -0.3 is 33.9 Å². The van der Waals surface area contributed by atoms with Gasteiger partial charge in [-0.15, -0.1) is 0 Å². The molecule has 0 radical (unpaired) electrons. The maximum Gasteiger partial charge on any atom is 0.183 e. The van der Waals surface area contributed by atoms with Gasteiger partial charge in [0.25, 0.3) is 0 Å². The molecule has 2 aromatic carbocycles. The minimum Gasteiger partial charge on any atom is -0.491 e. The lowest BCUT2D eigenvalue weighted by Crippen LogP contribution is -2.36. The van der Waals surface area contributed by atoms with Gasteiger partial charge in [-0.3, -0.25) is 0 Å². The highest BCUT2D eigenvalue weighted by Crippen LogP contribution is 2.38. The van der Waals surface area contributed by atoms with E-state index in [0.29, 0.717) is 46.2 Å². The Morgan fingerprint density at radius 3 is 2.12 bits per heavy atom. The van der Waals surface area contributed by atoms with Crippen molar-refractivity contribution in [3.63, 3.8) is 0 Å². The Bertz CT molecular complexity index is 756. The first-order valence-electron chi connectivity index (χ1n) is 11.6. The third-order valence-corrected chi connectivity index (χ3v) is 5.82. The highest BCUT2D eigenvalue weighted by molar-refractivity contribution is 5.30. The molecule has 0 saturated carbocycles. The fraction of sp³-hybridized carbons (Fsp3) is 0.538. The molecule has 1 aliphatic heterocycles. The van der Waals surface area contributed by atoms with Crippen LogP contribution in [0.4, 0.5) is 0 Å². The van der Waals surface area contributed by atoms with Crippen molar-refractivity contribution in [2.45, 2.75) is 19.1 Å². The average Bonchev–Trinajstić information content (AvgIpc) is 2.88. The molecular weight excluding hydrogens is 424 g/mol. The minimum atomic E-state index is -0.392. The molecule has 7 nitrogen and oxygen atoms in total. The van der Waals surface area contributed by atoms with Crippen molar-refractivity contribution in [2.75, 3.05) is 59.5 Å². The highest BCUT2D eigenvalue weighted by Gasteiger charge is 2.35. The molecule has 1 heterocycles. The van der Waals surface area contributed by atoms with Crippen molar-refractivity contribution in [3.8, 4) is 5.75 Å². The minimum absolute atomic E-state index is 0.0137. The van der Waals surface area contributed by atoms with Crippen LogP contribution < -0.4 is 4.74 Å². The molecule has 0 spiro atoms. The Hall–Kier alpha value is -2.00. The van der Waals surface area contributed by atoms with Crippen LogP contribution in [0.1, 0.15) is 30.3 Å². The fourth-order valence-corrected chi connectivity index (χ4v) is 4.11. The van der Waals surface area contributed by atoms with Crippen molar-refractivity contribution < 1.29 is 33.9 Å². The van der Waals surface area contributed by atoms with Crippen molar-refractivity contribution >= 4 is 0 Å². The van der Waals surface area contributed by atoms with Crippen LogP contribution in [0.15, 0.2) is 54.6 Å². The van der Waals surface area contributed by atoms with Gasteiger partial charge in [0.15, 0.2) is 6.29 Å². The van der Waals surface area contributed by atoms with Gasteiger partial charge in [-0.1, -0.05) is 42.5 Å². The molecule has 33 heavy (non-hydrogen) atoms. The smallest absolute Gasteiger partial charge is 0.183 e. The van der Waals surface area contributed by atoms with Gasteiger partial charge in [-0.25, -0.2) is 0 Å². The fourth-order valence-electron chi connectivity index (χ4n) is 4.11. The van der Waals surface area contributed by atoms with Crippen LogP contribution in [-0.4, -0.2) is 69.7 Å². The van der Waals surface area contributed by atoms with Gasteiger partial charge in [-0.05, 0) is 30.5 Å². The van der Waals surface area contributed by atoms with E-state index in [1.54, 1.807) is 0 Å². The van der Waals surface area contributed by atoms with E-state index >= 15 is 0 Å². The Balaban J connectivity index is 1.56. The number of hydrogen-bond donors (Lipinski definition) is 2. The molecular formula is C26H36O7. The van der Waals surface area contributed by atoms with Crippen LogP contribution in [0, 0.1) is 11.8 Å². The first-order chi connectivity index (χ1) is 16.3. The van der Waals surface area contributed by atoms with E-state index < -0.39 is 6.29 Å². The lowest BCUT2D eigenvalue weighted by Gasteiger charge is -2.37. The van der Waals surface area contributed by atoms with Crippen LogP contribution in [-0.2, 0) is 18.9 Å². The van der Waals surface area contributed by atoms with E-state index in [1.165, 1.54) is 0 Å². The van der Waals surface area contributed by atoms with E-state index in [4.69, 9.17) is 23.7 Å². The summed E-state index contributed by atoms with van der Waals surface area (Å²) in [5.74, 6) is 0.351. The molecule has 2 N–H and O–H groups in total. The summed E-state index contributed by atoms with van der Waals surface area (Å²) in [6.45, 7) is 5.47. The van der Waals surface area contributed by atoms with Gasteiger partial charge in [-0.2, -0.15) is 0 Å². The van der Waals surface area contributed by atoms with Gasteiger partial charge in [0.05, 0.1) is 33.0 Å². The summed E-state index contributed by atoms with van der Waals surface area (Å²) in [5.41, 5.74) is 2.00. The lowest BCUT2D eigenvalue weighted by atomic mass is 9.77.